The van der Waals surface area contributed by atoms with E-state index >= 15 is 0 Å². The van der Waals surface area contributed by atoms with Crippen molar-refractivity contribution in [3.8, 4) is 0 Å². The molecule has 18 nitrogen and oxygen atoms in total. The highest BCUT2D eigenvalue weighted by molar-refractivity contribution is 5.84. The van der Waals surface area contributed by atoms with Gasteiger partial charge in [0.2, 0.25) is 0 Å². The van der Waals surface area contributed by atoms with Gasteiger partial charge in [0, 0.05) is 62.6 Å². The van der Waals surface area contributed by atoms with Gasteiger partial charge < -0.3 is 29.9 Å². The van der Waals surface area contributed by atoms with Crippen LogP contribution in [0.15, 0.2) is 67.5 Å². The highest BCUT2D eigenvalue weighted by atomic mass is 16.6. The molecule has 2 N–H and O–H groups in total. The first-order chi connectivity index (χ1) is 32.5. The molecule has 10 rings (SSSR count). The van der Waals surface area contributed by atoms with Crippen LogP contribution in [0.1, 0.15) is 113 Å². The van der Waals surface area contributed by atoms with Gasteiger partial charge >= 0.3 is 12.2 Å². The highest BCUT2D eigenvalue weighted by Gasteiger charge is 2.32. The summed E-state index contributed by atoms with van der Waals surface area (Å²) in [5, 5.41) is 15.4. The summed E-state index contributed by atoms with van der Waals surface area (Å²) in [7, 11) is 0. The van der Waals surface area contributed by atoms with Crippen molar-refractivity contribution in [2.24, 2.45) is 0 Å². The van der Waals surface area contributed by atoms with E-state index in [2.05, 4.69) is 42.9 Å². The number of nitrogens with one attached hydrogen (secondary N) is 2. The van der Waals surface area contributed by atoms with Gasteiger partial charge in [-0.2, -0.15) is 10.2 Å². The lowest BCUT2D eigenvalue weighted by molar-refractivity contribution is -0.119. The topological polar surface area (TPSA) is 203 Å². The number of hydrogen-bond donors (Lipinski definition) is 2. The van der Waals surface area contributed by atoms with Gasteiger partial charge in [-0.1, -0.05) is 18.2 Å². The van der Waals surface area contributed by atoms with Gasteiger partial charge in [-0.05, 0) is 126 Å². The maximum Gasteiger partial charge on any atom is 0.410 e. The van der Waals surface area contributed by atoms with Crippen LogP contribution in [0.2, 0.25) is 0 Å². The fraction of sp³-hybridized carbons (Fsp3) is 0.440. The van der Waals surface area contributed by atoms with Crippen LogP contribution in [0.5, 0.6) is 0 Å². The number of benzene rings is 2. The SMILES string of the molecule is CC(C)(C)OC(=O)N1CC=C(c2cn3ncnc3c(Nc3ccc4c(c3)CC(=O)CCC4)n2)C1.CC(C)(C)OC(=O)N1CCC(c2cn3ncnc3c(Nc3ccc4c(c3)CC(=O)CCC4)n2)C1. The van der Waals surface area contributed by atoms with E-state index in [4.69, 9.17) is 19.4 Å². The van der Waals surface area contributed by atoms with E-state index in [9.17, 15) is 19.2 Å². The second-order valence-corrected chi connectivity index (χ2v) is 19.9. The van der Waals surface area contributed by atoms with Crippen LogP contribution in [0.25, 0.3) is 16.9 Å². The fourth-order valence-corrected chi connectivity index (χ4v) is 8.95. The minimum Gasteiger partial charge on any atom is -0.444 e. The van der Waals surface area contributed by atoms with Gasteiger partial charge in [-0.25, -0.2) is 38.6 Å². The summed E-state index contributed by atoms with van der Waals surface area (Å²) in [6.07, 6.45) is 14.7. The van der Waals surface area contributed by atoms with Crippen molar-refractivity contribution in [1.82, 2.24) is 49.0 Å². The van der Waals surface area contributed by atoms with Crippen molar-refractivity contribution >= 4 is 63.6 Å². The van der Waals surface area contributed by atoms with Crippen molar-refractivity contribution in [3.05, 3.63) is 101 Å². The molecule has 6 aromatic rings. The summed E-state index contributed by atoms with van der Waals surface area (Å²) in [6.45, 7) is 13.2. The second-order valence-electron chi connectivity index (χ2n) is 19.9. The lowest BCUT2D eigenvalue weighted by atomic mass is 10.0. The van der Waals surface area contributed by atoms with Gasteiger partial charge in [0.05, 0.1) is 30.3 Å². The predicted molar refractivity (Wildman–Crippen MR) is 255 cm³/mol. The first kappa shape index (κ1) is 45.9. The number of Topliss-reactive ketones (excluding diaryl/α,β-unsaturated/α-hetero) is 2. The van der Waals surface area contributed by atoms with Crippen LogP contribution in [-0.2, 0) is 44.7 Å². The standard InChI is InChI=1S/C25H30N6O3.C25H28N6O3/c2*1-25(2,3)34-24(33)30-10-9-17(13-30)21-14-31-23(26-15-27-31)22(29-21)28-19-8-7-16-5-4-6-20(32)12-18(16)11-19/h7-8,11,14-15,17H,4-6,9-10,12-13H2,1-3H3,(H,28,29);7-9,11,14-15H,4-6,10,12-13H2,1-3H3,(H,28,29). The number of anilines is 4. The van der Waals surface area contributed by atoms with E-state index < -0.39 is 11.2 Å². The van der Waals surface area contributed by atoms with Gasteiger partial charge in [0.1, 0.15) is 35.4 Å². The Labute approximate surface area is 394 Å². The molecule has 0 spiro atoms. The van der Waals surface area contributed by atoms with E-state index in [0.29, 0.717) is 80.5 Å². The molecule has 354 valence electrons. The van der Waals surface area contributed by atoms with Gasteiger partial charge in [-0.15, -0.1) is 0 Å². The first-order valence-electron chi connectivity index (χ1n) is 23.4. The molecule has 2 aliphatic carbocycles. The minimum absolute atomic E-state index is 0.0753. The highest BCUT2D eigenvalue weighted by Crippen LogP contribution is 2.32. The average Bonchev–Trinajstić information content (AvgIpc) is 4.10. The lowest BCUT2D eigenvalue weighted by Gasteiger charge is -2.24. The molecule has 4 aliphatic rings. The zero-order valence-electron chi connectivity index (χ0n) is 39.5. The molecule has 1 atom stereocenters. The summed E-state index contributed by atoms with van der Waals surface area (Å²) in [4.78, 5) is 71.0. The Hall–Kier alpha value is -7.24. The summed E-state index contributed by atoms with van der Waals surface area (Å²) in [5.74, 6) is 1.80. The minimum atomic E-state index is -0.548. The number of ketones is 2. The normalized spacial score (nSPS) is 17.4. The van der Waals surface area contributed by atoms with Crippen LogP contribution < -0.4 is 10.6 Å². The van der Waals surface area contributed by atoms with E-state index in [-0.39, 0.29) is 29.7 Å². The van der Waals surface area contributed by atoms with Crippen molar-refractivity contribution in [3.63, 3.8) is 0 Å². The third-order valence-corrected chi connectivity index (χ3v) is 12.2. The molecule has 1 unspecified atom stereocenters. The van der Waals surface area contributed by atoms with Crippen LogP contribution in [-0.4, -0.2) is 110 Å². The second kappa shape index (κ2) is 18.8. The Morgan fingerprint density at radius 2 is 1.22 bits per heavy atom. The zero-order chi connectivity index (χ0) is 47.7. The third kappa shape index (κ3) is 10.8. The third-order valence-electron chi connectivity index (χ3n) is 12.2. The maximum absolute atomic E-state index is 12.5. The molecular formula is C50H58N12O6. The van der Waals surface area contributed by atoms with Crippen LogP contribution in [0.4, 0.5) is 32.6 Å². The number of aromatic nitrogens is 8. The smallest absolute Gasteiger partial charge is 0.410 e. The molecule has 68 heavy (non-hydrogen) atoms. The van der Waals surface area contributed by atoms with Crippen molar-refractivity contribution in [2.45, 2.75) is 116 Å². The molecular weight excluding hydrogens is 865 g/mol. The Morgan fingerprint density at radius 1 is 0.676 bits per heavy atom. The Bertz CT molecular complexity index is 2920. The number of hydrogen-bond acceptors (Lipinski definition) is 14. The van der Waals surface area contributed by atoms with E-state index in [1.807, 2.05) is 84.3 Å². The Morgan fingerprint density at radius 3 is 1.79 bits per heavy atom. The number of carbonyl (C=O) groups excluding carboxylic acids is 4. The average molecular weight is 923 g/mol. The summed E-state index contributed by atoms with van der Waals surface area (Å²) in [5.41, 5.74) is 8.92. The molecule has 2 amide bonds. The molecule has 6 heterocycles. The number of ether oxygens (including phenoxy) is 2. The number of rotatable bonds is 6. The molecule has 2 aliphatic heterocycles. The summed E-state index contributed by atoms with van der Waals surface area (Å²) < 4.78 is 14.4. The number of amides is 2. The quantitative estimate of drug-likeness (QED) is 0.152. The van der Waals surface area contributed by atoms with Gasteiger partial charge in [0.25, 0.3) is 0 Å². The largest absolute Gasteiger partial charge is 0.444 e. The lowest BCUT2D eigenvalue weighted by Crippen LogP contribution is -2.35. The molecule has 1 saturated heterocycles. The van der Waals surface area contributed by atoms with E-state index in [1.165, 1.54) is 23.8 Å². The number of likely N-dealkylation sites (tertiary alicyclic amines) is 1. The first-order valence-corrected chi connectivity index (χ1v) is 23.4. The van der Waals surface area contributed by atoms with Crippen LogP contribution in [0.3, 0.4) is 0 Å². The molecule has 0 bridgehead atoms. The fourth-order valence-electron chi connectivity index (χ4n) is 8.95. The predicted octanol–water partition coefficient (Wildman–Crippen LogP) is 7.99. The van der Waals surface area contributed by atoms with Gasteiger partial charge in [-0.3, -0.25) is 9.59 Å². The van der Waals surface area contributed by atoms with Crippen molar-refractivity contribution in [1.29, 1.82) is 0 Å². The molecule has 18 heteroatoms. The van der Waals surface area contributed by atoms with Crippen molar-refractivity contribution in [2.75, 3.05) is 36.8 Å². The van der Waals surface area contributed by atoms with Crippen molar-refractivity contribution < 1.29 is 28.7 Å². The van der Waals surface area contributed by atoms with Crippen LogP contribution in [0, 0.1) is 0 Å². The molecule has 1 fully saturated rings. The number of aryl methyl sites for hydroxylation is 2. The van der Waals surface area contributed by atoms with Crippen LogP contribution >= 0.6 is 0 Å². The molecule has 0 radical (unpaired) electrons. The summed E-state index contributed by atoms with van der Waals surface area (Å²) >= 11 is 0. The Balaban J connectivity index is 0.000000170. The number of carbonyl (C=O) groups is 4. The molecule has 4 aromatic heterocycles. The summed E-state index contributed by atoms with van der Waals surface area (Å²) in [6, 6.07) is 12.3. The van der Waals surface area contributed by atoms with E-state index in [1.54, 1.807) is 18.8 Å². The monoisotopic (exact) mass is 922 g/mol. The number of fused-ring (bicyclic) bond motifs is 4. The maximum atomic E-state index is 12.5. The molecule has 2 aromatic carbocycles. The zero-order valence-corrected chi connectivity index (χ0v) is 39.5. The van der Waals surface area contributed by atoms with E-state index in [0.717, 1.165) is 65.9 Å². The Kier molecular flexibility index (Phi) is 12.7. The van der Waals surface area contributed by atoms with Gasteiger partial charge in [0.15, 0.2) is 22.9 Å². The number of nitrogens with zero attached hydrogens (tertiary/aromatic N) is 10. The molecule has 0 saturated carbocycles.